The van der Waals surface area contributed by atoms with Crippen molar-refractivity contribution in [2.24, 2.45) is 5.16 Å². The zero-order valence-corrected chi connectivity index (χ0v) is 13.1. The zero-order chi connectivity index (χ0) is 17.0. The molecule has 0 aromatic heterocycles. The van der Waals surface area contributed by atoms with Crippen LogP contribution in [0.1, 0.15) is 34.0 Å². The predicted molar refractivity (Wildman–Crippen MR) is 86.6 cm³/mol. The Morgan fingerprint density at radius 2 is 1.91 bits per heavy atom. The van der Waals surface area contributed by atoms with Crippen molar-refractivity contribution in [1.82, 2.24) is 0 Å². The lowest BCUT2D eigenvalue weighted by molar-refractivity contribution is -0.384. The molecule has 0 N–H and O–H groups in total. The number of aryl methyl sites for hydroxylation is 2. The van der Waals surface area contributed by atoms with E-state index in [9.17, 15) is 14.9 Å². The minimum atomic E-state index is -0.738. The molecule has 0 aliphatic heterocycles. The summed E-state index contributed by atoms with van der Waals surface area (Å²) >= 11 is 0. The summed E-state index contributed by atoms with van der Waals surface area (Å²) < 4.78 is 0. The molecule has 2 aromatic rings. The molecule has 0 aliphatic rings. The van der Waals surface area contributed by atoms with Crippen LogP contribution in [0, 0.1) is 24.0 Å². The van der Waals surface area contributed by atoms with Gasteiger partial charge in [0.2, 0.25) is 0 Å². The van der Waals surface area contributed by atoms with E-state index in [0.717, 1.165) is 22.8 Å². The normalized spacial score (nSPS) is 11.2. The minimum absolute atomic E-state index is 0.0800. The van der Waals surface area contributed by atoms with Crippen LogP contribution in [-0.2, 0) is 4.84 Å². The average molecular weight is 312 g/mol. The number of hydrogen-bond donors (Lipinski definition) is 0. The summed E-state index contributed by atoms with van der Waals surface area (Å²) in [5.74, 6) is -0.738. The highest BCUT2D eigenvalue weighted by atomic mass is 16.7. The Hall–Kier alpha value is -3.02. The van der Waals surface area contributed by atoms with Gasteiger partial charge in [-0.05, 0) is 32.4 Å². The molecule has 0 saturated carbocycles. The summed E-state index contributed by atoms with van der Waals surface area (Å²) in [5.41, 5.74) is 3.50. The molecule has 0 radical (unpaired) electrons. The van der Waals surface area contributed by atoms with Crippen LogP contribution in [0.5, 0.6) is 0 Å². The van der Waals surface area contributed by atoms with Crippen LogP contribution >= 0.6 is 0 Å². The Balaban J connectivity index is 2.17. The molecule has 0 aliphatic carbocycles. The van der Waals surface area contributed by atoms with E-state index in [0.29, 0.717) is 5.71 Å². The number of nitrogens with zero attached hydrogens (tertiary/aromatic N) is 2. The quantitative estimate of drug-likeness (QED) is 0.372. The predicted octanol–water partition coefficient (Wildman–Crippen LogP) is 3.79. The molecule has 0 spiro atoms. The first-order valence-corrected chi connectivity index (χ1v) is 6.96. The van der Waals surface area contributed by atoms with Gasteiger partial charge in [-0.15, -0.1) is 0 Å². The number of rotatable bonds is 4. The van der Waals surface area contributed by atoms with Crippen molar-refractivity contribution in [3.63, 3.8) is 0 Å². The summed E-state index contributed by atoms with van der Waals surface area (Å²) in [6.07, 6.45) is 0. The maximum atomic E-state index is 11.9. The Morgan fingerprint density at radius 1 is 1.17 bits per heavy atom. The van der Waals surface area contributed by atoms with Crippen molar-refractivity contribution in [2.75, 3.05) is 0 Å². The largest absolute Gasteiger partial charge is 0.365 e. The van der Waals surface area contributed by atoms with Crippen molar-refractivity contribution in [3.8, 4) is 0 Å². The molecule has 0 saturated heterocycles. The third-order valence-corrected chi connectivity index (χ3v) is 3.33. The number of carbonyl (C=O) groups is 1. The van der Waals surface area contributed by atoms with Gasteiger partial charge < -0.3 is 4.84 Å². The van der Waals surface area contributed by atoms with Crippen LogP contribution in [0.15, 0.2) is 47.6 Å². The smallest absolute Gasteiger partial charge is 0.313 e. The molecule has 0 bridgehead atoms. The van der Waals surface area contributed by atoms with Crippen LogP contribution in [0.4, 0.5) is 5.69 Å². The van der Waals surface area contributed by atoms with Crippen molar-refractivity contribution in [1.29, 1.82) is 0 Å². The van der Waals surface area contributed by atoms with E-state index < -0.39 is 10.9 Å². The summed E-state index contributed by atoms with van der Waals surface area (Å²) in [5, 5.41) is 14.6. The molecule has 0 heterocycles. The van der Waals surface area contributed by atoms with E-state index in [4.69, 9.17) is 4.84 Å². The van der Waals surface area contributed by atoms with E-state index in [1.165, 1.54) is 18.2 Å². The average Bonchev–Trinajstić information content (AvgIpc) is 2.52. The molecule has 0 fully saturated rings. The van der Waals surface area contributed by atoms with Gasteiger partial charge in [0.25, 0.3) is 5.69 Å². The lowest BCUT2D eigenvalue weighted by Gasteiger charge is -2.06. The van der Waals surface area contributed by atoms with Gasteiger partial charge in [-0.3, -0.25) is 10.1 Å². The molecule has 0 unspecified atom stereocenters. The number of oxime groups is 1. The third-order valence-electron chi connectivity index (χ3n) is 3.33. The SMILES string of the molecule is C/C(=N\OC(=O)c1cccc([N+](=O)[O-])c1)c1ccc(C)cc1C. The van der Waals surface area contributed by atoms with E-state index in [2.05, 4.69) is 5.16 Å². The molecular weight excluding hydrogens is 296 g/mol. The molecule has 6 heteroatoms. The van der Waals surface area contributed by atoms with E-state index in [1.807, 2.05) is 32.0 Å². The van der Waals surface area contributed by atoms with Gasteiger partial charge >= 0.3 is 5.97 Å². The molecule has 0 amide bonds. The van der Waals surface area contributed by atoms with E-state index in [-0.39, 0.29) is 11.3 Å². The fourth-order valence-corrected chi connectivity index (χ4v) is 2.18. The number of hydrogen-bond acceptors (Lipinski definition) is 5. The Bertz CT molecular complexity index is 797. The highest BCUT2D eigenvalue weighted by molar-refractivity contribution is 6.00. The molecule has 6 nitrogen and oxygen atoms in total. The summed E-state index contributed by atoms with van der Waals surface area (Å²) in [4.78, 5) is 27.0. The maximum Gasteiger partial charge on any atom is 0.365 e. The van der Waals surface area contributed by atoms with Crippen LogP contribution in [0.3, 0.4) is 0 Å². The molecule has 118 valence electrons. The van der Waals surface area contributed by atoms with Gasteiger partial charge in [-0.1, -0.05) is 35.0 Å². The van der Waals surface area contributed by atoms with Crippen LogP contribution in [0.25, 0.3) is 0 Å². The lowest BCUT2D eigenvalue weighted by atomic mass is 10.0. The van der Waals surface area contributed by atoms with Gasteiger partial charge in [-0.25, -0.2) is 4.79 Å². The molecular formula is C17H16N2O4. The Labute approximate surface area is 133 Å². The fourth-order valence-electron chi connectivity index (χ4n) is 2.18. The monoisotopic (exact) mass is 312 g/mol. The number of nitro groups is 1. The van der Waals surface area contributed by atoms with Gasteiger partial charge in [0.15, 0.2) is 0 Å². The van der Waals surface area contributed by atoms with Gasteiger partial charge in [0.05, 0.1) is 16.2 Å². The standard InChI is InChI=1S/C17H16N2O4/c1-11-7-8-16(12(2)9-11)13(3)18-23-17(20)14-5-4-6-15(10-14)19(21)22/h4-10H,1-3H3/b18-13+. The van der Waals surface area contributed by atoms with Gasteiger partial charge in [-0.2, -0.15) is 0 Å². The number of benzene rings is 2. The van der Waals surface area contributed by atoms with Crippen molar-refractivity contribution >= 4 is 17.4 Å². The highest BCUT2D eigenvalue weighted by Gasteiger charge is 2.13. The van der Waals surface area contributed by atoms with Crippen LogP contribution < -0.4 is 0 Å². The first kappa shape index (κ1) is 16.4. The van der Waals surface area contributed by atoms with Crippen LogP contribution in [-0.4, -0.2) is 16.6 Å². The Kier molecular flexibility index (Phi) is 4.85. The first-order valence-electron chi connectivity index (χ1n) is 6.96. The first-order chi connectivity index (χ1) is 10.9. The second kappa shape index (κ2) is 6.83. The highest BCUT2D eigenvalue weighted by Crippen LogP contribution is 2.15. The van der Waals surface area contributed by atoms with Crippen molar-refractivity contribution in [3.05, 3.63) is 74.8 Å². The number of nitro benzene ring substituents is 1. The Morgan fingerprint density at radius 3 is 2.57 bits per heavy atom. The topological polar surface area (TPSA) is 81.8 Å². The van der Waals surface area contributed by atoms with E-state index >= 15 is 0 Å². The maximum absolute atomic E-state index is 11.9. The van der Waals surface area contributed by atoms with Crippen molar-refractivity contribution in [2.45, 2.75) is 20.8 Å². The van der Waals surface area contributed by atoms with Gasteiger partial charge in [0, 0.05) is 17.7 Å². The van der Waals surface area contributed by atoms with Crippen molar-refractivity contribution < 1.29 is 14.6 Å². The second-order valence-corrected chi connectivity index (χ2v) is 5.18. The van der Waals surface area contributed by atoms with E-state index in [1.54, 1.807) is 6.92 Å². The second-order valence-electron chi connectivity index (χ2n) is 5.18. The fraction of sp³-hybridized carbons (Fsp3) is 0.176. The molecule has 2 rings (SSSR count). The molecule has 23 heavy (non-hydrogen) atoms. The minimum Gasteiger partial charge on any atom is -0.313 e. The number of non-ortho nitro benzene ring substituents is 1. The zero-order valence-electron chi connectivity index (χ0n) is 13.1. The summed E-state index contributed by atoms with van der Waals surface area (Å²) in [6.45, 7) is 5.67. The van der Waals surface area contributed by atoms with Gasteiger partial charge in [0.1, 0.15) is 0 Å². The summed E-state index contributed by atoms with van der Waals surface area (Å²) in [6, 6.07) is 11.2. The lowest BCUT2D eigenvalue weighted by Crippen LogP contribution is -2.05. The molecule has 0 atom stereocenters. The third kappa shape index (κ3) is 4.00. The van der Waals surface area contributed by atoms with Crippen LogP contribution in [0.2, 0.25) is 0 Å². The molecule has 2 aromatic carbocycles. The number of carbonyl (C=O) groups excluding carboxylic acids is 1. The summed E-state index contributed by atoms with van der Waals surface area (Å²) in [7, 11) is 0.